The van der Waals surface area contributed by atoms with E-state index in [1.807, 2.05) is 24.3 Å². The molecule has 2 rings (SSSR count). The van der Waals surface area contributed by atoms with E-state index in [-0.39, 0.29) is 0 Å². The predicted molar refractivity (Wildman–Crippen MR) is 69.3 cm³/mol. The summed E-state index contributed by atoms with van der Waals surface area (Å²) in [6.45, 7) is 2.91. The summed E-state index contributed by atoms with van der Waals surface area (Å²) in [6, 6.07) is 8.46. The first-order valence-corrected chi connectivity index (χ1v) is 6.61. The lowest BCUT2D eigenvalue weighted by Crippen LogP contribution is -2.41. The first-order chi connectivity index (χ1) is 7.65. The van der Waals surface area contributed by atoms with Crippen LogP contribution in [-0.4, -0.2) is 17.7 Å². The van der Waals surface area contributed by atoms with E-state index < -0.39 is 6.10 Å². The molecule has 0 heterocycles. The molecule has 1 atom stereocenters. The largest absolute Gasteiger partial charge is 0.387 e. The zero-order chi connectivity index (χ0) is 11.5. The number of aliphatic hydroxyl groups excluding tert-OH is 1. The minimum Gasteiger partial charge on any atom is -0.387 e. The molecule has 0 amide bonds. The van der Waals surface area contributed by atoms with Crippen molar-refractivity contribution >= 4 is 15.9 Å². The Morgan fingerprint density at radius 1 is 1.50 bits per heavy atom. The molecule has 2 N–H and O–H groups in total. The molecule has 0 aliphatic heterocycles. The molecular formula is C13H18BrNO. The fourth-order valence-electron chi connectivity index (χ4n) is 2.18. The van der Waals surface area contributed by atoms with Gasteiger partial charge in [-0.05, 0) is 36.5 Å². The molecule has 1 aliphatic carbocycles. The van der Waals surface area contributed by atoms with Crippen molar-refractivity contribution in [1.29, 1.82) is 0 Å². The number of rotatable bonds is 4. The fraction of sp³-hybridized carbons (Fsp3) is 0.538. The molecule has 1 aromatic carbocycles. The zero-order valence-corrected chi connectivity index (χ0v) is 11.1. The molecule has 0 spiro atoms. The lowest BCUT2D eigenvalue weighted by Gasteiger charge is -2.34. The maximum Gasteiger partial charge on any atom is 0.0914 e. The first kappa shape index (κ1) is 12.1. The van der Waals surface area contributed by atoms with Crippen molar-refractivity contribution in [1.82, 2.24) is 5.32 Å². The Kier molecular flexibility index (Phi) is 4.00. The predicted octanol–water partition coefficient (Wildman–Crippen LogP) is 2.87. The first-order valence-electron chi connectivity index (χ1n) is 5.82. The molecule has 3 heteroatoms. The Hall–Kier alpha value is -0.380. The molecule has 1 aliphatic rings. The molecule has 1 saturated carbocycles. The fourth-order valence-corrected chi connectivity index (χ4v) is 2.60. The van der Waals surface area contributed by atoms with E-state index in [2.05, 4.69) is 28.2 Å². The lowest BCUT2D eigenvalue weighted by molar-refractivity contribution is 0.150. The van der Waals surface area contributed by atoms with Crippen LogP contribution in [0.4, 0.5) is 0 Å². The Bertz CT molecular complexity index is 350. The van der Waals surface area contributed by atoms with Gasteiger partial charge in [-0.15, -0.1) is 0 Å². The van der Waals surface area contributed by atoms with Crippen LogP contribution in [0.15, 0.2) is 28.7 Å². The molecule has 1 fully saturated rings. The van der Waals surface area contributed by atoms with Crippen molar-refractivity contribution in [2.24, 2.45) is 5.92 Å². The van der Waals surface area contributed by atoms with Crippen molar-refractivity contribution in [2.45, 2.75) is 31.9 Å². The third-order valence-corrected chi connectivity index (χ3v) is 3.70. The van der Waals surface area contributed by atoms with E-state index >= 15 is 0 Å². The highest BCUT2D eigenvalue weighted by Crippen LogP contribution is 2.26. The average Bonchev–Trinajstić information content (AvgIpc) is 2.22. The molecule has 0 saturated heterocycles. The number of aliphatic hydroxyl groups is 1. The van der Waals surface area contributed by atoms with Gasteiger partial charge in [-0.25, -0.2) is 0 Å². The smallest absolute Gasteiger partial charge is 0.0914 e. The Balaban J connectivity index is 1.81. The van der Waals surface area contributed by atoms with Crippen LogP contribution in [0.5, 0.6) is 0 Å². The van der Waals surface area contributed by atoms with Crippen LogP contribution in [0.25, 0.3) is 0 Å². The number of nitrogens with one attached hydrogen (secondary N) is 1. The van der Waals surface area contributed by atoms with E-state index in [4.69, 9.17) is 0 Å². The van der Waals surface area contributed by atoms with Crippen LogP contribution in [0.1, 0.15) is 31.4 Å². The number of halogens is 1. The monoisotopic (exact) mass is 283 g/mol. The van der Waals surface area contributed by atoms with E-state index in [1.165, 1.54) is 12.8 Å². The number of hydrogen-bond donors (Lipinski definition) is 2. The van der Waals surface area contributed by atoms with Crippen LogP contribution in [0, 0.1) is 5.92 Å². The normalized spacial score (nSPS) is 26.2. The molecule has 1 unspecified atom stereocenters. The highest BCUT2D eigenvalue weighted by Gasteiger charge is 2.25. The molecule has 16 heavy (non-hydrogen) atoms. The molecule has 0 aromatic heterocycles. The minimum atomic E-state index is -0.409. The molecule has 0 bridgehead atoms. The van der Waals surface area contributed by atoms with Crippen LogP contribution < -0.4 is 5.32 Å². The van der Waals surface area contributed by atoms with Crippen LogP contribution in [-0.2, 0) is 0 Å². The van der Waals surface area contributed by atoms with Crippen molar-refractivity contribution in [2.75, 3.05) is 6.54 Å². The summed E-state index contributed by atoms with van der Waals surface area (Å²) >= 11 is 3.41. The lowest BCUT2D eigenvalue weighted by atomic mass is 9.82. The molecule has 2 nitrogen and oxygen atoms in total. The summed E-state index contributed by atoms with van der Waals surface area (Å²) < 4.78 is 1.02. The quantitative estimate of drug-likeness (QED) is 0.891. The van der Waals surface area contributed by atoms with Gasteiger partial charge in [0.2, 0.25) is 0 Å². The summed E-state index contributed by atoms with van der Waals surface area (Å²) in [4.78, 5) is 0. The van der Waals surface area contributed by atoms with Crippen LogP contribution in [0.2, 0.25) is 0 Å². The van der Waals surface area contributed by atoms with Gasteiger partial charge in [0, 0.05) is 17.1 Å². The molecule has 0 radical (unpaired) electrons. The molecule has 88 valence electrons. The van der Waals surface area contributed by atoms with Gasteiger partial charge < -0.3 is 10.4 Å². The van der Waals surface area contributed by atoms with E-state index in [0.717, 1.165) is 16.0 Å². The third kappa shape index (κ3) is 3.06. The van der Waals surface area contributed by atoms with Crippen molar-refractivity contribution < 1.29 is 5.11 Å². The van der Waals surface area contributed by atoms with Gasteiger partial charge in [-0.2, -0.15) is 0 Å². The van der Waals surface area contributed by atoms with Crippen molar-refractivity contribution in [3.8, 4) is 0 Å². The van der Waals surface area contributed by atoms with Gasteiger partial charge in [-0.3, -0.25) is 0 Å². The Morgan fingerprint density at radius 2 is 2.25 bits per heavy atom. The SMILES string of the molecule is CC1CC(NCC(O)c2cccc(Br)c2)C1. The van der Waals surface area contributed by atoms with Crippen LogP contribution in [0.3, 0.4) is 0 Å². The summed E-state index contributed by atoms with van der Waals surface area (Å²) in [5, 5.41) is 13.4. The van der Waals surface area contributed by atoms with Gasteiger partial charge in [0.15, 0.2) is 0 Å². The highest BCUT2D eigenvalue weighted by molar-refractivity contribution is 9.10. The maximum atomic E-state index is 10.00. The maximum absolute atomic E-state index is 10.00. The highest BCUT2D eigenvalue weighted by atomic mass is 79.9. The summed E-state index contributed by atoms with van der Waals surface area (Å²) in [6.07, 6.45) is 2.07. The second-order valence-electron chi connectivity index (χ2n) is 4.75. The minimum absolute atomic E-state index is 0.409. The zero-order valence-electron chi connectivity index (χ0n) is 9.49. The van der Waals surface area contributed by atoms with Gasteiger partial charge in [0.05, 0.1) is 6.10 Å². The van der Waals surface area contributed by atoms with Gasteiger partial charge in [0.25, 0.3) is 0 Å². The second-order valence-corrected chi connectivity index (χ2v) is 5.67. The number of benzene rings is 1. The second kappa shape index (κ2) is 5.30. The van der Waals surface area contributed by atoms with Gasteiger partial charge in [-0.1, -0.05) is 35.0 Å². The third-order valence-electron chi connectivity index (χ3n) is 3.21. The Labute approximate surface area is 105 Å². The molecular weight excluding hydrogens is 266 g/mol. The average molecular weight is 284 g/mol. The van der Waals surface area contributed by atoms with Crippen molar-refractivity contribution in [3.63, 3.8) is 0 Å². The van der Waals surface area contributed by atoms with E-state index in [9.17, 15) is 5.11 Å². The topological polar surface area (TPSA) is 32.3 Å². The van der Waals surface area contributed by atoms with Gasteiger partial charge >= 0.3 is 0 Å². The Morgan fingerprint density at radius 3 is 2.88 bits per heavy atom. The summed E-state index contributed by atoms with van der Waals surface area (Å²) in [5.41, 5.74) is 0.967. The molecule has 1 aromatic rings. The standard InChI is InChI=1S/C13H18BrNO/c1-9-5-12(6-9)15-8-13(16)10-3-2-4-11(14)7-10/h2-4,7,9,12-13,15-16H,5-6,8H2,1H3. The van der Waals surface area contributed by atoms with E-state index in [1.54, 1.807) is 0 Å². The van der Waals surface area contributed by atoms with Gasteiger partial charge in [0.1, 0.15) is 0 Å². The summed E-state index contributed by atoms with van der Waals surface area (Å²) in [5.74, 6) is 0.848. The van der Waals surface area contributed by atoms with E-state index in [0.29, 0.717) is 12.6 Å². The van der Waals surface area contributed by atoms with Crippen molar-refractivity contribution in [3.05, 3.63) is 34.3 Å². The number of hydrogen-bond acceptors (Lipinski definition) is 2. The van der Waals surface area contributed by atoms with Crippen LogP contribution >= 0.6 is 15.9 Å². The summed E-state index contributed by atoms with van der Waals surface area (Å²) in [7, 11) is 0.